The third-order valence-corrected chi connectivity index (χ3v) is 14.0. The summed E-state index contributed by atoms with van der Waals surface area (Å²) < 4.78 is 84.9. The predicted octanol–water partition coefficient (Wildman–Crippen LogP) is 8.87. The molecule has 2 rings (SSSR count). The summed E-state index contributed by atoms with van der Waals surface area (Å²) in [6.07, 6.45) is 1.53. The Hall–Kier alpha value is -1.18. The van der Waals surface area contributed by atoms with E-state index < -0.39 is 58.9 Å². The maximum Gasteiger partial charge on any atom is 0.200 e. The van der Waals surface area contributed by atoms with Crippen LogP contribution in [0.3, 0.4) is 0 Å². The van der Waals surface area contributed by atoms with E-state index in [1.54, 1.807) is 0 Å². The Morgan fingerprint density at radius 3 is 1.36 bits per heavy atom. The SMILES string of the molecule is C[Si](C)(C)CCCOc1c(-c2c(F)c(F)c(F)c(F)c2F)sc([Si](C)(C)C)c1OCCC[Si](C)(C)C. The van der Waals surface area contributed by atoms with Crippen LogP contribution in [0.15, 0.2) is 0 Å². The molecule has 1 heterocycles. The average molecular weight is 583 g/mol. The van der Waals surface area contributed by atoms with Crippen LogP contribution in [0.5, 0.6) is 11.5 Å². The first-order valence-corrected chi connectivity index (χ1v) is 24.0. The van der Waals surface area contributed by atoms with Crippen molar-refractivity contribution in [3.63, 3.8) is 0 Å². The molecule has 0 N–H and O–H groups in total. The van der Waals surface area contributed by atoms with E-state index in [2.05, 4.69) is 39.3 Å². The quantitative estimate of drug-likeness (QED) is 0.0818. The molecular formula is C25H39F5O2SSi3. The van der Waals surface area contributed by atoms with Crippen molar-refractivity contribution >= 4 is 40.1 Å². The second-order valence-electron chi connectivity index (χ2n) is 12.6. The van der Waals surface area contributed by atoms with Gasteiger partial charge in [0.2, 0.25) is 5.82 Å². The second kappa shape index (κ2) is 11.7. The molecule has 204 valence electrons. The van der Waals surface area contributed by atoms with Crippen molar-refractivity contribution in [2.75, 3.05) is 13.2 Å². The Morgan fingerprint density at radius 1 is 0.583 bits per heavy atom. The molecule has 0 fully saturated rings. The van der Waals surface area contributed by atoms with Crippen LogP contribution in [0.2, 0.25) is 71.0 Å². The van der Waals surface area contributed by atoms with Crippen molar-refractivity contribution in [1.82, 2.24) is 0 Å². The summed E-state index contributed by atoms with van der Waals surface area (Å²) in [4.78, 5) is -0.103. The molecule has 0 bridgehead atoms. The molecule has 0 aliphatic heterocycles. The summed E-state index contributed by atoms with van der Waals surface area (Å²) in [6.45, 7) is 20.3. The molecule has 1 aromatic carbocycles. The van der Waals surface area contributed by atoms with Gasteiger partial charge in [0.05, 0.1) is 31.7 Å². The van der Waals surface area contributed by atoms with E-state index in [1.165, 1.54) is 0 Å². The van der Waals surface area contributed by atoms with Crippen LogP contribution in [0, 0.1) is 29.1 Å². The third-order valence-electron chi connectivity index (χ3n) is 5.58. The molecule has 0 radical (unpaired) electrons. The summed E-state index contributed by atoms with van der Waals surface area (Å²) in [5.74, 6) is -9.33. The predicted molar refractivity (Wildman–Crippen MR) is 149 cm³/mol. The van der Waals surface area contributed by atoms with Crippen LogP contribution in [0.1, 0.15) is 12.8 Å². The van der Waals surface area contributed by atoms with E-state index in [-0.39, 0.29) is 17.2 Å². The Labute approximate surface area is 219 Å². The highest BCUT2D eigenvalue weighted by molar-refractivity contribution is 7.29. The standard InChI is InChI=1S/C25H39F5O2SSi3/c1-34(2,3)14-10-12-31-22-23(32-13-11-15-35(4,5)6)25(36(7,8)9)33-24(22)16-17(26)19(28)21(30)20(29)18(16)27/h10-15H2,1-9H3. The number of hydrogen-bond acceptors (Lipinski definition) is 3. The van der Waals surface area contributed by atoms with Crippen LogP contribution in [-0.4, -0.2) is 37.4 Å². The normalized spacial score (nSPS) is 12.8. The van der Waals surface area contributed by atoms with Gasteiger partial charge in [0.1, 0.15) is 0 Å². The van der Waals surface area contributed by atoms with Crippen LogP contribution in [0.25, 0.3) is 10.4 Å². The fraction of sp³-hybridized carbons (Fsp3) is 0.600. The topological polar surface area (TPSA) is 18.5 Å². The molecule has 0 aliphatic rings. The van der Waals surface area contributed by atoms with Gasteiger partial charge in [0.15, 0.2) is 34.8 Å². The minimum atomic E-state index is -2.17. The lowest BCUT2D eigenvalue weighted by Crippen LogP contribution is -2.36. The molecule has 0 saturated heterocycles. The number of ether oxygens (including phenoxy) is 2. The van der Waals surface area contributed by atoms with Crippen LogP contribution < -0.4 is 14.0 Å². The summed E-state index contributed by atoms with van der Waals surface area (Å²) in [5.41, 5.74) is -0.951. The second-order valence-corrected chi connectivity index (χ2v) is 30.3. The van der Waals surface area contributed by atoms with Gasteiger partial charge >= 0.3 is 0 Å². The molecule has 11 heteroatoms. The number of halogens is 5. The summed E-state index contributed by atoms with van der Waals surface area (Å²) >= 11 is 1.02. The average Bonchev–Trinajstić information content (AvgIpc) is 3.08. The van der Waals surface area contributed by atoms with Gasteiger partial charge in [-0.05, 0) is 12.8 Å². The van der Waals surface area contributed by atoms with E-state index in [1.807, 2.05) is 19.6 Å². The molecule has 0 saturated carbocycles. The minimum absolute atomic E-state index is 0.0872. The fourth-order valence-corrected chi connectivity index (χ4v) is 9.46. The van der Waals surface area contributed by atoms with Crippen molar-refractivity contribution in [1.29, 1.82) is 0 Å². The number of thiophene rings is 1. The van der Waals surface area contributed by atoms with E-state index in [0.717, 1.165) is 40.8 Å². The van der Waals surface area contributed by atoms with Crippen LogP contribution in [0.4, 0.5) is 22.0 Å². The van der Waals surface area contributed by atoms with E-state index >= 15 is 0 Å². The molecule has 0 atom stereocenters. The molecule has 0 spiro atoms. The molecule has 36 heavy (non-hydrogen) atoms. The number of hydrogen-bond donors (Lipinski definition) is 0. The highest BCUT2D eigenvalue weighted by atomic mass is 32.1. The van der Waals surface area contributed by atoms with Gasteiger partial charge in [0.25, 0.3) is 0 Å². The van der Waals surface area contributed by atoms with Crippen molar-refractivity contribution in [2.45, 2.75) is 83.9 Å². The smallest absolute Gasteiger partial charge is 0.200 e. The van der Waals surface area contributed by atoms with Gasteiger partial charge in [-0.1, -0.05) is 71.0 Å². The van der Waals surface area contributed by atoms with Crippen LogP contribution >= 0.6 is 11.3 Å². The van der Waals surface area contributed by atoms with Gasteiger partial charge in [0, 0.05) is 20.6 Å². The van der Waals surface area contributed by atoms with Crippen molar-refractivity contribution in [2.24, 2.45) is 0 Å². The molecule has 0 amide bonds. The van der Waals surface area contributed by atoms with Crippen molar-refractivity contribution in [3.05, 3.63) is 29.1 Å². The minimum Gasteiger partial charge on any atom is -0.489 e. The van der Waals surface area contributed by atoms with Crippen molar-refractivity contribution in [3.8, 4) is 21.9 Å². The van der Waals surface area contributed by atoms with Gasteiger partial charge < -0.3 is 9.47 Å². The van der Waals surface area contributed by atoms with Gasteiger partial charge in [-0.25, -0.2) is 22.0 Å². The molecule has 0 unspecified atom stereocenters. The van der Waals surface area contributed by atoms with Crippen LogP contribution in [-0.2, 0) is 0 Å². The Bertz CT molecular complexity index is 1040. The first-order valence-electron chi connectivity index (χ1n) is 12.3. The lowest BCUT2D eigenvalue weighted by molar-refractivity contribution is 0.272. The van der Waals surface area contributed by atoms with Gasteiger partial charge in [-0.2, -0.15) is 0 Å². The molecule has 0 aliphatic carbocycles. The van der Waals surface area contributed by atoms with Crippen molar-refractivity contribution < 1.29 is 31.4 Å². The van der Waals surface area contributed by atoms with Gasteiger partial charge in [-0.3, -0.25) is 0 Å². The molecular weight excluding hydrogens is 544 g/mol. The van der Waals surface area contributed by atoms with E-state index in [9.17, 15) is 22.0 Å². The zero-order chi connectivity index (χ0) is 27.6. The number of benzene rings is 1. The Kier molecular flexibility index (Phi) is 10.1. The monoisotopic (exact) mass is 582 g/mol. The fourth-order valence-electron chi connectivity index (χ4n) is 3.68. The van der Waals surface area contributed by atoms with E-state index in [4.69, 9.17) is 9.47 Å². The zero-order valence-electron chi connectivity index (χ0n) is 22.9. The first-order chi connectivity index (χ1) is 16.3. The third kappa shape index (κ3) is 7.91. The Morgan fingerprint density at radius 2 is 0.972 bits per heavy atom. The lowest BCUT2D eigenvalue weighted by atomic mass is 10.1. The lowest BCUT2D eigenvalue weighted by Gasteiger charge is -2.20. The molecule has 2 aromatic rings. The molecule has 1 aromatic heterocycles. The number of rotatable bonds is 12. The highest BCUT2D eigenvalue weighted by Crippen LogP contribution is 2.47. The highest BCUT2D eigenvalue weighted by Gasteiger charge is 2.35. The summed E-state index contributed by atoms with van der Waals surface area (Å²) in [7, 11) is -4.80. The largest absolute Gasteiger partial charge is 0.489 e. The Balaban J connectivity index is 2.63. The zero-order valence-corrected chi connectivity index (χ0v) is 26.7. The first kappa shape index (κ1) is 31.0. The molecule has 2 nitrogen and oxygen atoms in total. The summed E-state index contributed by atoms with van der Waals surface area (Å²) in [6, 6.07) is 2.01. The maximum absolute atomic E-state index is 14.9. The van der Waals surface area contributed by atoms with E-state index in [0.29, 0.717) is 12.4 Å². The summed E-state index contributed by atoms with van der Waals surface area (Å²) in [5, 5.41) is 0. The maximum atomic E-state index is 14.9. The van der Waals surface area contributed by atoms with Gasteiger partial charge in [-0.15, -0.1) is 11.3 Å².